The van der Waals surface area contributed by atoms with E-state index in [4.69, 9.17) is 0 Å². The van der Waals surface area contributed by atoms with Crippen LogP contribution in [0.25, 0.3) is 0 Å². The van der Waals surface area contributed by atoms with Crippen LogP contribution in [-0.4, -0.2) is 93.0 Å². The van der Waals surface area contributed by atoms with Crippen molar-refractivity contribution in [3.8, 4) is 0 Å². The molecule has 11 nitrogen and oxygen atoms in total. The molecule has 1 fully saturated rings. The van der Waals surface area contributed by atoms with Crippen molar-refractivity contribution in [3.05, 3.63) is 52.0 Å². The number of aliphatic hydroxyl groups is 1. The fourth-order valence-corrected chi connectivity index (χ4v) is 6.91. The van der Waals surface area contributed by atoms with Crippen LogP contribution < -0.4 is 10.6 Å². The number of aliphatic carboxylic acids is 1. The molecule has 2 heterocycles. The number of hydrogen-bond acceptors (Lipinski definition) is 8. The summed E-state index contributed by atoms with van der Waals surface area (Å²) in [4.78, 5) is 60.8. The van der Waals surface area contributed by atoms with E-state index in [1.165, 1.54) is 5.38 Å². The van der Waals surface area contributed by atoms with Gasteiger partial charge >= 0.3 is 5.97 Å². The normalized spacial score (nSPS) is 18.5. The smallest absolute Gasteiger partial charge is 0.326 e. The monoisotopic (exact) mass is 671 g/mol. The van der Waals surface area contributed by atoms with Gasteiger partial charge < -0.3 is 25.7 Å². The maximum atomic E-state index is 14.3. The lowest BCUT2D eigenvalue weighted by molar-refractivity contribution is -0.142. The summed E-state index contributed by atoms with van der Waals surface area (Å²) >= 11 is 1.12. The Morgan fingerprint density at radius 1 is 1.09 bits per heavy atom. The number of amides is 3. The molecule has 47 heavy (non-hydrogen) atoms. The van der Waals surface area contributed by atoms with Gasteiger partial charge in [-0.1, -0.05) is 77.8 Å². The van der Waals surface area contributed by atoms with Crippen molar-refractivity contribution >= 4 is 35.0 Å². The first kappa shape index (κ1) is 38.1. The minimum absolute atomic E-state index is 0.0186. The molecule has 260 valence electrons. The van der Waals surface area contributed by atoms with Gasteiger partial charge in [-0.25, -0.2) is 9.78 Å². The average Bonchev–Trinajstić information content (AvgIpc) is 3.55. The van der Waals surface area contributed by atoms with E-state index in [0.29, 0.717) is 24.4 Å². The molecular weight excluding hydrogens is 618 g/mol. The molecule has 0 bridgehead atoms. The lowest BCUT2D eigenvalue weighted by Gasteiger charge is -2.39. The zero-order valence-electron chi connectivity index (χ0n) is 28.6. The van der Waals surface area contributed by atoms with Gasteiger partial charge in [0.2, 0.25) is 11.8 Å². The van der Waals surface area contributed by atoms with E-state index in [-0.39, 0.29) is 54.3 Å². The molecule has 6 unspecified atom stereocenters. The third-order valence-electron chi connectivity index (χ3n) is 9.16. The van der Waals surface area contributed by atoms with Crippen LogP contribution in [0.1, 0.15) is 100 Å². The van der Waals surface area contributed by atoms with Crippen LogP contribution in [-0.2, 0) is 20.8 Å². The maximum absolute atomic E-state index is 14.3. The molecule has 1 aliphatic heterocycles. The molecule has 0 spiro atoms. The lowest BCUT2D eigenvalue weighted by atomic mass is 9.92. The lowest BCUT2D eigenvalue weighted by Crippen LogP contribution is -2.58. The SMILES string of the molecule is CCCN(C(=O)C(NC(=O)C1CCCCN1C)C(C)CC)C(CC(O)c1nc(C(=O)NC(Cc2ccccc2)C(=O)O)cs1)C(C)C. The van der Waals surface area contributed by atoms with Gasteiger partial charge in [0.15, 0.2) is 0 Å². The second kappa shape index (κ2) is 18.3. The number of rotatable bonds is 17. The average molecular weight is 672 g/mol. The Balaban J connectivity index is 1.75. The van der Waals surface area contributed by atoms with Crippen molar-refractivity contribution in [1.82, 2.24) is 25.4 Å². The van der Waals surface area contributed by atoms with Gasteiger partial charge in [-0.2, -0.15) is 0 Å². The molecule has 1 saturated heterocycles. The first-order chi connectivity index (χ1) is 22.4. The van der Waals surface area contributed by atoms with Crippen LogP contribution in [0.4, 0.5) is 0 Å². The Bertz CT molecular complexity index is 1320. The number of likely N-dealkylation sites (tertiary alicyclic amines) is 1. The van der Waals surface area contributed by atoms with Crippen LogP contribution in [0.3, 0.4) is 0 Å². The number of nitrogens with zero attached hydrogens (tertiary/aromatic N) is 3. The fourth-order valence-electron chi connectivity index (χ4n) is 6.11. The molecule has 4 N–H and O–H groups in total. The molecule has 1 aromatic heterocycles. The number of likely N-dealkylation sites (N-methyl/N-ethyl adjacent to an activating group) is 1. The predicted octanol–water partition coefficient (Wildman–Crippen LogP) is 4.27. The summed E-state index contributed by atoms with van der Waals surface area (Å²) in [6, 6.07) is 6.59. The molecule has 1 aliphatic rings. The van der Waals surface area contributed by atoms with E-state index in [9.17, 15) is 29.4 Å². The zero-order chi connectivity index (χ0) is 34.7. The summed E-state index contributed by atoms with van der Waals surface area (Å²) in [7, 11) is 1.95. The number of carbonyl (C=O) groups is 4. The standard InChI is InChI=1S/C35H53N5O6S/c1-7-17-40(34(44)30(23(5)8-2)38-32(43)27-16-12-13-18-39(27)6)28(22(3)4)20-29(41)33-37-26(21-47-33)31(42)36-25(35(45)46)19-24-14-10-9-11-15-24/h9-11,14-15,21-23,25,27-30,41H,7-8,12-13,16-20H2,1-6H3,(H,36,42)(H,38,43)(H,45,46). The Labute approximate surface area is 283 Å². The summed E-state index contributed by atoms with van der Waals surface area (Å²) in [5, 5.41) is 28.5. The number of carbonyl (C=O) groups excluding carboxylic acids is 3. The van der Waals surface area contributed by atoms with Crippen LogP contribution in [0.2, 0.25) is 0 Å². The van der Waals surface area contributed by atoms with Crippen LogP contribution in [0.5, 0.6) is 0 Å². The number of piperidine rings is 1. The van der Waals surface area contributed by atoms with E-state index in [0.717, 1.165) is 42.7 Å². The summed E-state index contributed by atoms with van der Waals surface area (Å²) < 4.78 is 0. The molecule has 6 atom stereocenters. The first-order valence-corrected chi connectivity index (χ1v) is 17.8. The topological polar surface area (TPSA) is 152 Å². The highest BCUT2D eigenvalue weighted by Gasteiger charge is 2.37. The molecule has 3 rings (SSSR count). The highest BCUT2D eigenvalue weighted by molar-refractivity contribution is 7.09. The first-order valence-electron chi connectivity index (χ1n) is 16.9. The van der Waals surface area contributed by atoms with Crippen molar-refractivity contribution in [3.63, 3.8) is 0 Å². The van der Waals surface area contributed by atoms with Gasteiger partial charge in [-0.05, 0) is 50.3 Å². The molecule has 2 aromatic rings. The second-order valence-electron chi connectivity index (χ2n) is 13.1. The van der Waals surface area contributed by atoms with Crippen molar-refractivity contribution in [1.29, 1.82) is 0 Å². The highest BCUT2D eigenvalue weighted by Crippen LogP contribution is 2.29. The maximum Gasteiger partial charge on any atom is 0.326 e. The third kappa shape index (κ3) is 10.6. The highest BCUT2D eigenvalue weighted by atomic mass is 32.1. The number of aromatic nitrogens is 1. The number of nitrogens with one attached hydrogen (secondary N) is 2. The van der Waals surface area contributed by atoms with Gasteiger partial charge in [0.05, 0.1) is 6.04 Å². The van der Waals surface area contributed by atoms with Crippen LogP contribution in [0, 0.1) is 11.8 Å². The quantitative estimate of drug-likeness (QED) is 0.195. The predicted molar refractivity (Wildman–Crippen MR) is 183 cm³/mol. The molecule has 12 heteroatoms. The number of thiazole rings is 1. The van der Waals surface area contributed by atoms with Gasteiger partial charge in [0.1, 0.15) is 28.9 Å². The number of carboxylic acid groups (broad SMARTS) is 1. The molecular formula is C35H53N5O6S. The molecule has 0 saturated carbocycles. The van der Waals surface area contributed by atoms with E-state index < -0.39 is 30.1 Å². The Kier molecular flexibility index (Phi) is 14.8. The van der Waals surface area contributed by atoms with Crippen LogP contribution in [0.15, 0.2) is 35.7 Å². The summed E-state index contributed by atoms with van der Waals surface area (Å²) in [5.74, 6) is -2.18. The van der Waals surface area contributed by atoms with Gasteiger partial charge in [0, 0.05) is 30.8 Å². The number of aliphatic hydroxyl groups excluding tert-OH is 1. The zero-order valence-corrected chi connectivity index (χ0v) is 29.5. The minimum atomic E-state index is -1.16. The Morgan fingerprint density at radius 3 is 2.38 bits per heavy atom. The van der Waals surface area contributed by atoms with E-state index >= 15 is 0 Å². The third-order valence-corrected chi connectivity index (χ3v) is 10.1. The van der Waals surface area contributed by atoms with Gasteiger partial charge in [-0.15, -0.1) is 11.3 Å². The molecule has 0 radical (unpaired) electrons. The second-order valence-corrected chi connectivity index (χ2v) is 14.0. The summed E-state index contributed by atoms with van der Waals surface area (Å²) in [5.41, 5.74) is 0.801. The van der Waals surface area contributed by atoms with Crippen molar-refractivity contribution in [2.24, 2.45) is 11.8 Å². The van der Waals surface area contributed by atoms with Crippen molar-refractivity contribution in [2.75, 3.05) is 20.1 Å². The number of carboxylic acids is 1. The van der Waals surface area contributed by atoms with E-state index in [1.54, 1.807) is 29.2 Å². The van der Waals surface area contributed by atoms with E-state index in [1.807, 2.05) is 47.7 Å². The van der Waals surface area contributed by atoms with Crippen molar-refractivity contribution < 1.29 is 29.4 Å². The summed E-state index contributed by atoms with van der Waals surface area (Å²) in [6.07, 6.45) is 3.46. The van der Waals surface area contributed by atoms with Crippen LogP contribution >= 0.6 is 11.3 Å². The van der Waals surface area contributed by atoms with E-state index in [2.05, 4.69) is 20.5 Å². The molecule has 3 amide bonds. The fraction of sp³-hybridized carbons (Fsp3) is 0.629. The van der Waals surface area contributed by atoms with Crippen molar-refractivity contribution in [2.45, 2.75) is 110 Å². The Hall–Kier alpha value is -3.35. The molecule has 1 aromatic carbocycles. The van der Waals surface area contributed by atoms with Gasteiger partial charge in [0.25, 0.3) is 5.91 Å². The number of benzene rings is 1. The molecule has 0 aliphatic carbocycles. The van der Waals surface area contributed by atoms with Gasteiger partial charge in [-0.3, -0.25) is 19.3 Å². The minimum Gasteiger partial charge on any atom is -0.480 e. The Morgan fingerprint density at radius 2 is 1.79 bits per heavy atom. The summed E-state index contributed by atoms with van der Waals surface area (Å²) in [6.45, 7) is 11.3. The largest absolute Gasteiger partial charge is 0.480 e. The number of hydrogen-bond donors (Lipinski definition) is 4.